The first-order valence-corrected chi connectivity index (χ1v) is 11.7. The van der Waals surface area contributed by atoms with Crippen LogP contribution in [0.5, 0.6) is 0 Å². The summed E-state index contributed by atoms with van der Waals surface area (Å²) in [7, 11) is 0. The van der Waals surface area contributed by atoms with Gasteiger partial charge in [0.15, 0.2) is 0 Å². The van der Waals surface area contributed by atoms with Crippen LogP contribution in [0, 0.1) is 0 Å². The predicted octanol–water partition coefficient (Wildman–Crippen LogP) is 9.03. The summed E-state index contributed by atoms with van der Waals surface area (Å²) in [6.07, 6.45) is 0. The van der Waals surface area contributed by atoms with Gasteiger partial charge < -0.3 is 0 Å². The molecule has 0 saturated heterocycles. The Bertz CT molecular complexity index is 1850. The Morgan fingerprint density at radius 3 is 1.85 bits per heavy atom. The van der Waals surface area contributed by atoms with E-state index < -0.39 is 0 Å². The highest BCUT2D eigenvalue weighted by molar-refractivity contribution is 6.15. The first kappa shape index (κ1) is 19.0. The van der Waals surface area contributed by atoms with E-state index >= 15 is 0 Å². The number of benzene rings is 6. The van der Waals surface area contributed by atoms with E-state index in [1.165, 1.54) is 54.4 Å². The first-order valence-electron chi connectivity index (χ1n) is 11.7. The van der Waals surface area contributed by atoms with Gasteiger partial charge in [-0.3, -0.25) is 0 Å². The lowest BCUT2D eigenvalue weighted by Gasteiger charge is -2.15. The van der Waals surface area contributed by atoms with E-state index in [1.54, 1.807) is 0 Å². The van der Waals surface area contributed by atoms with Crippen LogP contribution in [0.2, 0.25) is 0 Å². The lowest BCUT2D eigenvalue weighted by atomic mass is 9.92. The Balaban J connectivity index is 1.65. The smallest absolute Gasteiger partial charge is 0.0794 e. The molecule has 6 aromatic carbocycles. The van der Waals surface area contributed by atoms with Crippen molar-refractivity contribution in [3.05, 3.63) is 127 Å². The molecule has 1 aromatic heterocycles. The van der Waals surface area contributed by atoms with Gasteiger partial charge in [-0.15, -0.1) is 0 Å². The molecule has 0 atom stereocenters. The molecular weight excluding hydrogens is 410 g/mol. The van der Waals surface area contributed by atoms with E-state index in [0.717, 1.165) is 11.2 Å². The SMILES string of the molecule is c1ccc(-c2cc(-c3cc4ccccc4c4ccccc34)nc3c2ccc2ccccc23)cc1. The van der Waals surface area contributed by atoms with Crippen LogP contribution < -0.4 is 0 Å². The van der Waals surface area contributed by atoms with Gasteiger partial charge in [0.2, 0.25) is 0 Å². The Hall–Kier alpha value is -4.49. The number of aromatic nitrogens is 1. The van der Waals surface area contributed by atoms with E-state index in [2.05, 4.69) is 127 Å². The molecule has 0 aliphatic rings. The normalized spacial score (nSPS) is 11.5. The van der Waals surface area contributed by atoms with Gasteiger partial charge in [-0.1, -0.05) is 115 Å². The van der Waals surface area contributed by atoms with Crippen molar-refractivity contribution in [2.75, 3.05) is 0 Å². The van der Waals surface area contributed by atoms with Gasteiger partial charge in [0.05, 0.1) is 11.2 Å². The van der Waals surface area contributed by atoms with Crippen molar-refractivity contribution in [2.45, 2.75) is 0 Å². The topological polar surface area (TPSA) is 12.9 Å². The van der Waals surface area contributed by atoms with Gasteiger partial charge in [-0.05, 0) is 50.2 Å². The fourth-order valence-corrected chi connectivity index (χ4v) is 5.22. The van der Waals surface area contributed by atoms with Gasteiger partial charge in [-0.25, -0.2) is 4.98 Å². The molecule has 0 aliphatic carbocycles. The minimum Gasteiger partial charge on any atom is -0.247 e. The van der Waals surface area contributed by atoms with E-state index in [9.17, 15) is 0 Å². The van der Waals surface area contributed by atoms with Crippen molar-refractivity contribution in [3.8, 4) is 22.4 Å². The van der Waals surface area contributed by atoms with E-state index in [4.69, 9.17) is 4.98 Å². The molecule has 1 nitrogen and oxygen atoms in total. The maximum absolute atomic E-state index is 5.32. The zero-order valence-electron chi connectivity index (χ0n) is 18.6. The van der Waals surface area contributed by atoms with Crippen molar-refractivity contribution < 1.29 is 0 Å². The molecule has 0 unspecified atom stereocenters. The average Bonchev–Trinajstić information content (AvgIpc) is 2.92. The van der Waals surface area contributed by atoms with Crippen LogP contribution in [0.15, 0.2) is 127 Å². The molecule has 0 spiro atoms. The van der Waals surface area contributed by atoms with Gasteiger partial charge in [0.25, 0.3) is 0 Å². The zero-order chi connectivity index (χ0) is 22.5. The quantitative estimate of drug-likeness (QED) is 0.249. The molecule has 0 N–H and O–H groups in total. The van der Waals surface area contributed by atoms with Crippen LogP contribution in [0.4, 0.5) is 0 Å². The molecule has 1 heteroatoms. The number of nitrogens with zero attached hydrogens (tertiary/aromatic N) is 1. The van der Waals surface area contributed by atoms with E-state index in [0.29, 0.717) is 0 Å². The van der Waals surface area contributed by atoms with Gasteiger partial charge in [0.1, 0.15) is 0 Å². The summed E-state index contributed by atoms with van der Waals surface area (Å²) in [5.74, 6) is 0. The van der Waals surface area contributed by atoms with Crippen molar-refractivity contribution in [3.63, 3.8) is 0 Å². The predicted molar refractivity (Wildman–Crippen MR) is 145 cm³/mol. The molecule has 0 amide bonds. The molecule has 0 saturated carbocycles. The highest BCUT2D eigenvalue weighted by atomic mass is 14.7. The largest absolute Gasteiger partial charge is 0.247 e. The second kappa shape index (κ2) is 7.54. The molecular formula is C33H21N. The third-order valence-corrected chi connectivity index (χ3v) is 6.83. The monoisotopic (exact) mass is 431 g/mol. The Morgan fingerprint density at radius 1 is 0.382 bits per heavy atom. The van der Waals surface area contributed by atoms with Gasteiger partial charge >= 0.3 is 0 Å². The fraction of sp³-hybridized carbons (Fsp3) is 0. The summed E-state index contributed by atoms with van der Waals surface area (Å²) in [5.41, 5.74) is 5.64. The van der Waals surface area contributed by atoms with Crippen LogP contribution in [-0.2, 0) is 0 Å². The summed E-state index contributed by atoms with van der Waals surface area (Å²) < 4.78 is 0. The summed E-state index contributed by atoms with van der Waals surface area (Å²) in [6.45, 7) is 0. The van der Waals surface area contributed by atoms with Crippen molar-refractivity contribution >= 4 is 43.2 Å². The molecule has 1 heterocycles. The van der Waals surface area contributed by atoms with Crippen molar-refractivity contribution in [2.24, 2.45) is 0 Å². The number of fused-ring (bicyclic) bond motifs is 6. The lowest BCUT2D eigenvalue weighted by molar-refractivity contribution is 1.42. The number of pyridine rings is 1. The molecule has 34 heavy (non-hydrogen) atoms. The van der Waals surface area contributed by atoms with Crippen molar-refractivity contribution in [1.29, 1.82) is 0 Å². The maximum Gasteiger partial charge on any atom is 0.0794 e. The molecule has 0 fully saturated rings. The van der Waals surface area contributed by atoms with Gasteiger partial charge in [0, 0.05) is 16.3 Å². The highest BCUT2D eigenvalue weighted by Gasteiger charge is 2.15. The zero-order valence-corrected chi connectivity index (χ0v) is 18.6. The molecule has 0 radical (unpaired) electrons. The number of hydrogen-bond acceptors (Lipinski definition) is 1. The van der Waals surface area contributed by atoms with Crippen LogP contribution in [0.1, 0.15) is 0 Å². The minimum absolute atomic E-state index is 1.00. The molecule has 158 valence electrons. The third-order valence-electron chi connectivity index (χ3n) is 6.83. The lowest BCUT2D eigenvalue weighted by Crippen LogP contribution is -1.92. The summed E-state index contributed by atoms with van der Waals surface area (Å²) in [4.78, 5) is 5.32. The second-order valence-corrected chi connectivity index (χ2v) is 8.79. The van der Waals surface area contributed by atoms with E-state index in [-0.39, 0.29) is 0 Å². The Morgan fingerprint density at radius 2 is 1.03 bits per heavy atom. The third kappa shape index (κ3) is 2.91. The fourth-order valence-electron chi connectivity index (χ4n) is 5.22. The highest BCUT2D eigenvalue weighted by Crippen LogP contribution is 2.39. The Kier molecular flexibility index (Phi) is 4.22. The summed E-state index contributed by atoms with van der Waals surface area (Å²) in [6, 6.07) is 45.5. The second-order valence-electron chi connectivity index (χ2n) is 8.79. The average molecular weight is 432 g/mol. The molecule has 7 aromatic rings. The molecule has 7 rings (SSSR count). The van der Waals surface area contributed by atoms with Crippen LogP contribution in [0.3, 0.4) is 0 Å². The maximum atomic E-state index is 5.32. The first-order chi connectivity index (χ1) is 16.9. The summed E-state index contributed by atoms with van der Waals surface area (Å²) >= 11 is 0. The minimum atomic E-state index is 1.00. The standard InChI is InChI=1S/C33H21N/c1-2-10-22(11-3-1)30-21-32(34-33-26-15-7-4-12-23(26)18-19-29(30)33)31-20-24-13-5-6-14-25(24)27-16-8-9-17-28(27)31/h1-21H. The molecule has 0 bridgehead atoms. The van der Waals surface area contributed by atoms with E-state index in [1.807, 2.05) is 0 Å². The molecule has 0 aliphatic heterocycles. The number of hydrogen-bond donors (Lipinski definition) is 0. The van der Waals surface area contributed by atoms with Crippen LogP contribution in [0.25, 0.3) is 65.6 Å². The summed E-state index contributed by atoms with van der Waals surface area (Å²) in [5, 5.41) is 8.57. The van der Waals surface area contributed by atoms with Gasteiger partial charge in [-0.2, -0.15) is 0 Å². The van der Waals surface area contributed by atoms with Crippen LogP contribution >= 0.6 is 0 Å². The Labute approximate surface area is 197 Å². The number of rotatable bonds is 2. The van der Waals surface area contributed by atoms with Crippen LogP contribution in [-0.4, -0.2) is 4.98 Å². The van der Waals surface area contributed by atoms with Crippen molar-refractivity contribution in [1.82, 2.24) is 4.98 Å².